The van der Waals surface area contributed by atoms with Crippen LogP contribution in [0.25, 0.3) is 22.5 Å². The van der Waals surface area contributed by atoms with Crippen LogP contribution >= 0.6 is 0 Å². The highest BCUT2D eigenvalue weighted by atomic mass is 16.5. The number of nitrogens with zero attached hydrogens (tertiary/aromatic N) is 5. The van der Waals surface area contributed by atoms with E-state index in [0.717, 1.165) is 65.4 Å². The number of amides is 1. The van der Waals surface area contributed by atoms with Crippen LogP contribution in [-0.2, 0) is 17.7 Å². The van der Waals surface area contributed by atoms with Crippen molar-refractivity contribution in [2.24, 2.45) is 5.41 Å². The molecule has 2 heterocycles. The summed E-state index contributed by atoms with van der Waals surface area (Å²) in [6, 6.07) is 17.4. The second-order valence-corrected chi connectivity index (χ2v) is 10.4. The van der Waals surface area contributed by atoms with Crippen molar-refractivity contribution < 1.29 is 19.0 Å². The van der Waals surface area contributed by atoms with E-state index in [-0.39, 0.29) is 11.3 Å². The molecule has 0 spiro atoms. The maximum atomic E-state index is 12.9. The van der Waals surface area contributed by atoms with E-state index in [9.17, 15) is 4.79 Å². The maximum absolute atomic E-state index is 12.9. The van der Waals surface area contributed by atoms with Gasteiger partial charge in [0.15, 0.2) is 0 Å². The van der Waals surface area contributed by atoms with Gasteiger partial charge in [0.05, 0.1) is 32.7 Å². The van der Waals surface area contributed by atoms with Crippen LogP contribution in [0.5, 0.6) is 11.5 Å². The number of aryl methyl sites for hydroxylation is 2. The van der Waals surface area contributed by atoms with Crippen LogP contribution in [0, 0.1) is 5.41 Å². The summed E-state index contributed by atoms with van der Waals surface area (Å²) < 4.78 is 18.0. The maximum Gasteiger partial charge on any atom is 0.253 e. The van der Waals surface area contributed by atoms with Gasteiger partial charge in [-0.15, -0.1) is 5.10 Å². The Morgan fingerprint density at radius 1 is 1.00 bits per heavy atom. The summed E-state index contributed by atoms with van der Waals surface area (Å²) >= 11 is 0. The number of aromatic nitrogens is 4. The normalized spacial score (nSPS) is 13.6. The van der Waals surface area contributed by atoms with E-state index >= 15 is 0 Å². The SMILES string of the molecule is COCC1(CN(C)C(=O)c2ccc(CCn3cc(-c4ccc(-c5cc(OC)ccc5OC)nc4)nn3)cc2)CC1. The third-order valence-corrected chi connectivity index (χ3v) is 7.44. The van der Waals surface area contributed by atoms with Crippen LogP contribution in [0.4, 0.5) is 0 Å². The molecule has 1 saturated carbocycles. The summed E-state index contributed by atoms with van der Waals surface area (Å²) in [7, 11) is 6.86. The summed E-state index contributed by atoms with van der Waals surface area (Å²) in [6.45, 7) is 2.10. The lowest BCUT2D eigenvalue weighted by molar-refractivity contribution is 0.0698. The fraction of sp³-hybridized carbons (Fsp3) is 0.355. The lowest BCUT2D eigenvalue weighted by Gasteiger charge is -2.23. The zero-order valence-corrected chi connectivity index (χ0v) is 23.5. The van der Waals surface area contributed by atoms with Gasteiger partial charge in [-0.25, -0.2) is 0 Å². The van der Waals surface area contributed by atoms with Crippen LogP contribution in [0.3, 0.4) is 0 Å². The Hall–Kier alpha value is -4.24. The van der Waals surface area contributed by atoms with Gasteiger partial charge in [0.1, 0.15) is 17.2 Å². The third-order valence-electron chi connectivity index (χ3n) is 7.44. The average molecular weight is 542 g/mol. The van der Waals surface area contributed by atoms with Crippen molar-refractivity contribution in [1.82, 2.24) is 24.9 Å². The average Bonchev–Trinajstić information content (AvgIpc) is 3.57. The fourth-order valence-electron chi connectivity index (χ4n) is 4.94. The number of carbonyl (C=O) groups is 1. The second-order valence-electron chi connectivity index (χ2n) is 10.4. The van der Waals surface area contributed by atoms with E-state index in [2.05, 4.69) is 15.3 Å². The van der Waals surface area contributed by atoms with Crippen molar-refractivity contribution in [2.75, 3.05) is 41.5 Å². The molecule has 0 atom stereocenters. The monoisotopic (exact) mass is 541 g/mol. The number of carbonyl (C=O) groups excluding carboxylic acids is 1. The van der Waals surface area contributed by atoms with Gasteiger partial charge in [0, 0.05) is 55.5 Å². The third kappa shape index (κ3) is 6.15. The Labute approximate surface area is 234 Å². The minimum Gasteiger partial charge on any atom is -0.497 e. The minimum absolute atomic E-state index is 0.0410. The first-order chi connectivity index (χ1) is 19.4. The van der Waals surface area contributed by atoms with Crippen LogP contribution in [0.15, 0.2) is 67.0 Å². The van der Waals surface area contributed by atoms with Gasteiger partial charge in [-0.05, 0) is 67.3 Å². The molecule has 0 bridgehead atoms. The molecule has 1 fully saturated rings. The summed E-state index contributed by atoms with van der Waals surface area (Å²) in [6.07, 6.45) is 6.71. The first-order valence-electron chi connectivity index (χ1n) is 13.4. The molecule has 1 aliphatic rings. The predicted molar refractivity (Wildman–Crippen MR) is 152 cm³/mol. The zero-order valence-electron chi connectivity index (χ0n) is 23.5. The number of pyridine rings is 1. The van der Waals surface area contributed by atoms with Crippen molar-refractivity contribution in [3.05, 3.63) is 78.1 Å². The van der Waals surface area contributed by atoms with Gasteiger partial charge >= 0.3 is 0 Å². The Balaban J connectivity index is 1.18. The highest BCUT2D eigenvalue weighted by molar-refractivity contribution is 5.94. The van der Waals surface area contributed by atoms with E-state index in [1.807, 2.05) is 77.4 Å². The highest BCUT2D eigenvalue weighted by Gasteiger charge is 2.44. The molecule has 1 aliphatic carbocycles. The number of ether oxygens (including phenoxy) is 3. The standard InChI is InChI=1S/C31H35N5O4/c1-35(20-31(14-15-31)21-38-2)30(37)23-7-5-22(6-8-23)13-16-36-19-28(33-34-36)24-9-11-27(32-18-24)26-17-25(39-3)10-12-29(26)40-4/h5-12,17-19H,13-16,20-21H2,1-4H3. The zero-order chi connectivity index (χ0) is 28.1. The largest absolute Gasteiger partial charge is 0.497 e. The number of rotatable bonds is 12. The van der Waals surface area contributed by atoms with Crippen molar-refractivity contribution in [3.8, 4) is 34.0 Å². The van der Waals surface area contributed by atoms with Crippen LogP contribution in [0.1, 0.15) is 28.8 Å². The van der Waals surface area contributed by atoms with E-state index in [1.54, 1.807) is 27.5 Å². The molecule has 0 unspecified atom stereocenters. The minimum atomic E-state index is 0.0410. The van der Waals surface area contributed by atoms with E-state index < -0.39 is 0 Å². The second kappa shape index (κ2) is 11.9. The number of methoxy groups -OCH3 is 3. The summed E-state index contributed by atoms with van der Waals surface area (Å²) in [5.41, 5.74) is 5.23. The fourth-order valence-corrected chi connectivity index (χ4v) is 4.94. The summed E-state index contributed by atoms with van der Waals surface area (Å²) in [5, 5.41) is 8.63. The molecule has 0 saturated heterocycles. The Kier molecular flexibility index (Phi) is 8.11. The summed E-state index contributed by atoms with van der Waals surface area (Å²) in [4.78, 5) is 19.3. The van der Waals surface area contributed by atoms with Gasteiger partial charge < -0.3 is 19.1 Å². The van der Waals surface area contributed by atoms with Gasteiger partial charge in [0.25, 0.3) is 5.91 Å². The molecule has 5 rings (SSSR count). The van der Waals surface area contributed by atoms with Crippen LogP contribution in [-0.4, -0.2) is 72.3 Å². The quantitative estimate of drug-likeness (QED) is 0.255. The highest BCUT2D eigenvalue weighted by Crippen LogP contribution is 2.46. The van der Waals surface area contributed by atoms with Gasteiger partial charge in [0.2, 0.25) is 0 Å². The Morgan fingerprint density at radius 2 is 1.80 bits per heavy atom. The van der Waals surface area contributed by atoms with Gasteiger partial charge in [-0.3, -0.25) is 14.5 Å². The van der Waals surface area contributed by atoms with E-state index in [0.29, 0.717) is 18.7 Å². The molecule has 0 aliphatic heterocycles. The topological polar surface area (TPSA) is 91.6 Å². The molecule has 4 aromatic rings. The molecule has 208 valence electrons. The number of hydrogen-bond acceptors (Lipinski definition) is 7. The lowest BCUT2D eigenvalue weighted by Crippen LogP contribution is -2.34. The molecule has 9 heteroatoms. The Bertz CT molecular complexity index is 1450. The summed E-state index contributed by atoms with van der Waals surface area (Å²) in [5.74, 6) is 1.51. The van der Waals surface area contributed by atoms with Crippen LogP contribution in [0.2, 0.25) is 0 Å². The number of hydrogen-bond donors (Lipinski definition) is 0. The first kappa shape index (κ1) is 27.3. The molecule has 9 nitrogen and oxygen atoms in total. The van der Waals surface area contributed by atoms with E-state index in [1.165, 1.54) is 0 Å². The molecule has 1 amide bonds. The van der Waals surface area contributed by atoms with Crippen molar-refractivity contribution in [2.45, 2.75) is 25.8 Å². The molecule has 0 radical (unpaired) electrons. The van der Waals surface area contributed by atoms with Gasteiger partial charge in [-0.1, -0.05) is 17.3 Å². The van der Waals surface area contributed by atoms with Gasteiger partial charge in [-0.2, -0.15) is 0 Å². The van der Waals surface area contributed by atoms with Crippen molar-refractivity contribution in [3.63, 3.8) is 0 Å². The molecule has 2 aromatic heterocycles. The predicted octanol–water partition coefficient (Wildman–Crippen LogP) is 4.77. The van der Waals surface area contributed by atoms with Crippen molar-refractivity contribution >= 4 is 5.91 Å². The molecule has 40 heavy (non-hydrogen) atoms. The molecule has 0 N–H and O–H groups in total. The number of benzene rings is 2. The van der Waals surface area contributed by atoms with Crippen LogP contribution < -0.4 is 9.47 Å². The lowest BCUT2D eigenvalue weighted by atomic mass is 10.1. The van der Waals surface area contributed by atoms with Crippen molar-refractivity contribution in [1.29, 1.82) is 0 Å². The molecular weight excluding hydrogens is 506 g/mol. The van der Waals surface area contributed by atoms with E-state index in [4.69, 9.17) is 14.2 Å². The first-order valence-corrected chi connectivity index (χ1v) is 13.4. The smallest absolute Gasteiger partial charge is 0.253 e. The molecular formula is C31H35N5O4. The Morgan fingerprint density at radius 3 is 2.45 bits per heavy atom. The molecule has 2 aromatic carbocycles.